The Morgan fingerprint density at radius 1 is 1.00 bits per heavy atom. The molecule has 0 aliphatic rings. The average molecular weight is 291 g/mol. The summed E-state index contributed by atoms with van der Waals surface area (Å²) in [6.45, 7) is 2.41. The van der Waals surface area contributed by atoms with Gasteiger partial charge in [0.05, 0.1) is 17.9 Å². The zero-order chi connectivity index (χ0) is 15.7. The van der Waals surface area contributed by atoms with E-state index in [1.165, 1.54) is 0 Å². The summed E-state index contributed by atoms with van der Waals surface area (Å²) in [5.41, 5.74) is 1.28. The summed E-state index contributed by atoms with van der Waals surface area (Å²) in [7, 11) is 3.67. The van der Waals surface area contributed by atoms with Gasteiger partial charge in [-0.1, -0.05) is 31.9 Å². The van der Waals surface area contributed by atoms with Crippen molar-refractivity contribution in [2.24, 2.45) is 0 Å². The number of nitrogens with one attached hydrogen (secondary N) is 2. The predicted octanol–water partition coefficient (Wildman–Crippen LogP) is 2.71. The normalized spacial score (nSPS) is 10.5. The van der Waals surface area contributed by atoms with E-state index >= 15 is 0 Å². The summed E-state index contributed by atoms with van der Waals surface area (Å²) in [6, 6.07) is 7.25. The highest BCUT2D eigenvalue weighted by Crippen LogP contribution is 2.21. The van der Waals surface area contributed by atoms with E-state index in [0.29, 0.717) is 24.3 Å². The zero-order valence-electron chi connectivity index (χ0n) is 13.1. The van der Waals surface area contributed by atoms with Crippen LogP contribution >= 0.6 is 0 Å². The Balaban J connectivity index is 2.62. The van der Waals surface area contributed by atoms with Crippen LogP contribution in [0.2, 0.25) is 0 Å². The van der Waals surface area contributed by atoms with E-state index in [-0.39, 0.29) is 11.8 Å². The lowest BCUT2D eigenvalue weighted by molar-refractivity contribution is -0.117. The molecule has 1 aromatic rings. The minimum Gasteiger partial charge on any atom is -0.324 e. The smallest absolute Gasteiger partial charge is 0.238 e. The minimum absolute atomic E-state index is 0.0160. The molecule has 0 aliphatic heterocycles. The van der Waals surface area contributed by atoms with Crippen molar-refractivity contribution in [1.82, 2.24) is 4.90 Å². The van der Waals surface area contributed by atoms with E-state index in [1.54, 1.807) is 17.0 Å². The number of anilines is 2. The molecule has 0 radical (unpaired) electrons. The Morgan fingerprint density at radius 3 is 2.10 bits per heavy atom. The summed E-state index contributed by atoms with van der Waals surface area (Å²) in [6.07, 6.45) is 3.53. The molecule has 5 heteroatoms. The largest absolute Gasteiger partial charge is 0.324 e. The van der Waals surface area contributed by atoms with Gasteiger partial charge >= 0.3 is 0 Å². The Labute approximate surface area is 126 Å². The molecule has 1 aromatic carbocycles. The summed E-state index contributed by atoms with van der Waals surface area (Å²) in [5.74, 6) is -0.120. The monoisotopic (exact) mass is 291 g/mol. The van der Waals surface area contributed by atoms with Crippen LogP contribution in [0.1, 0.15) is 32.6 Å². The molecule has 0 spiro atoms. The standard InChI is InChI=1S/C16H25N3O2/c1-4-5-6-11-15(20)17-13-9-7-8-10-14(13)18-16(21)12-19(2)3/h7-10H,4-6,11-12H2,1-3H3,(H,17,20)(H,18,21). The van der Waals surface area contributed by atoms with E-state index in [2.05, 4.69) is 17.6 Å². The lowest BCUT2D eigenvalue weighted by atomic mass is 10.2. The molecule has 0 fully saturated rings. The van der Waals surface area contributed by atoms with Crippen molar-refractivity contribution in [3.05, 3.63) is 24.3 Å². The van der Waals surface area contributed by atoms with Gasteiger partial charge in [0.1, 0.15) is 0 Å². The molecule has 0 saturated carbocycles. The third-order valence-corrected chi connectivity index (χ3v) is 2.94. The highest BCUT2D eigenvalue weighted by Gasteiger charge is 2.09. The van der Waals surface area contributed by atoms with Crippen molar-refractivity contribution in [3.8, 4) is 0 Å². The number of nitrogens with zero attached hydrogens (tertiary/aromatic N) is 1. The molecule has 1 rings (SSSR count). The molecule has 21 heavy (non-hydrogen) atoms. The number of carbonyl (C=O) groups excluding carboxylic acids is 2. The second kappa shape index (κ2) is 9.13. The molecule has 0 aliphatic carbocycles. The molecular formula is C16H25N3O2. The SMILES string of the molecule is CCCCCC(=O)Nc1ccccc1NC(=O)CN(C)C. The van der Waals surface area contributed by atoms with Gasteiger partial charge in [-0.2, -0.15) is 0 Å². The number of para-hydroxylation sites is 2. The van der Waals surface area contributed by atoms with Crippen molar-refractivity contribution < 1.29 is 9.59 Å². The molecule has 2 N–H and O–H groups in total. The van der Waals surface area contributed by atoms with E-state index in [0.717, 1.165) is 19.3 Å². The lowest BCUT2D eigenvalue weighted by Gasteiger charge is -2.14. The van der Waals surface area contributed by atoms with Crippen LogP contribution in [0.3, 0.4) is 0 Å². The first-order valence-electron chi connectivity index (χ1n) is 7.36. The molecule has 2 amide bonds. The molecular weight excluding hydrogens is 266 g/mol. The molecule has 0 aromatic heterocycles. The van der Waals surface area contributed by atoms with Crippen molar-refractivity contribution in [2.45, 2.75) is 32.6 Å². The van der Waals surface area contributed by atoms with Gasteiger partial charge in [0.25, 0.3) is 0 Å². The van der Waals surface area contributed by atoms with Crippen molar-refractivity contribution in [1.29, 1.82) is 0 Å². The quantitative estimate of drug-likeness (QED) is 0.724. The summed E-state index contributed by atoms with van der Waals surface area (Å²) < 4.78 is 0. The van der Waals surface area contributed by atoms with Gasteiger partial charge in [-0.05, 0) is 32.6 Å². The predicted molar refractivity (Wildman–Crippen MR) is 86.4 cm³/mol. The summed E-state index contributed by atoms with van der Waals surface area (Å²) in [4.78, 5) is 25.5. The number of hydrogen-bond donors (Lipinski definition) is 2. The fraction of sp³-hybridized carbons (Fsp3) is 0.500. The highest BCUT2D eigenvalue weighted by molar-refractivity contribution is 6.00. The van der Waals surface area contributed by atoms with Crippen LogP contribution in [-0.2, 0) is 9.59 Å². The van der Waals surface area contributed by atoms with Gasteiger partial charge < -0.3 is 15.5 Å². The molecule has 0 saturated heterocycles. The minimum atomic E-state index is -0.104. The first-order valence-corrected chi connectivity index (χ1v) is 7.36. The van der Waals surface area contributed by atoms with Crippen LogP contribution in [0, 0.1) is 0 Å². The fourth-order valence-corrected chi connectivity index (χ4v) is 1.93. The molecule has 0 atom stereocenters. The van der Waals surface area contributed by atoms with Crippen molar-refractivity contribution >= 4 is 23.2 Å². The second-order valence-electron chi connectivity index (χ2n) is 5.34. The van der Waals surface area contributed by atoms with Crippen LogP contribution in [0.4, 0.5) is 11.4 Å². The number of unbranched alkanes of at least 4 members (excludes halogenated alkanes) is 2. The van der Waals surface area contributed by atoms with Gasteiger partial charge in [-0.15, -0.1) is 0 Å². The summed E-state index contributed by atoms with van der Waals surface area (Å²) in [5, 5.41) is 5.68. The van der Waals surface area contributed by atoms with Gasteiger partial charge in [-0.3, -0.25) is 9.59 Å². The van der Waals surface area contributed by atoms with Crippen LogP contribution in [0.15, 0.2) is 24.3 Å². The third kappa shape index (κ3) is 6.90. The Bertz CT molecular complexity index is 472. The van der Waals surface area contributed by atoms with Gasteiger partial charge in [0.2, 0.25) is 11.8 Å². The number of hydrogen-bond acceptors (Lipinski definition) is 3. The zero-order valence-corrected chi connectivity index (χ0v) is 13.1. The maximum atomic E-state index is 11.9. The van der Waals surface area contributed by atoms with Crippen LogP contribution in [0.25, 0.3) is 0 Å². The van der Waals surface area contributed by atoms with Gasteiger partial charge in [0, 0.05) is 6.42 Å². The second-order valence-corrected chi connectivity index (χ2v) is 5.34. The first-order chi connectivity index (χ1) is 10.0. The van der Waals surface area contributed by atoms with E-state index in [4.69, 9.17) is 0 Å². The topological polar surface area (TPSA) is 61.4 Å². The Kier molecular flexibility index (Phi) is 7.46. The van der Waals surface area contributed by atoms with Crippen LogP contribution < -0.4 is 10.6 Å². The van der Waals surface area contributed by atoms with E-state index in [9.17, 15) is 9.59 Å². The number of rotatable bonds is 8. The van der Waals surface area contributed by atoms with E-state index < -0.39 is 0 Å². The molecule has 0 bridgehead atoms. The Morgan fingerprint density at radius 2 is 1.57 bits per heavy atom. The number of amides is 2. The Hall–Kier alpha value is -1.88. The van der Waals surface area contributed by atoms with Crippen molar-refractivity contribution in [2.75, 3.05) is 31.3 Å². The number of carbonyl (C=O) groups is 2. The van der Waals surface area contributed by atoms with Crippen LogP contribution in [0.5, 0.6) is 0 Å². The van der Waals surface area contributed by atoms with Gasteiger partial charge in [0.15, 0.2) is 0 Å². The van der Waals surface area contributed by atoms with Crippen molar-refractivity contribution in [3.63, 3.8) is 0 Å². The number of benzene rings is 1. The molecule has 0 unspecified atom stereocenters. The lowest BCUT2D eigenvalue weighted by Crippen LogP contribution is -2.27. The molecule has 0 heterocycles. The van der Waals surface area contributed by atoms with Gasteiger partial charge in [-0.25, -0.2) is 0 Å². The maximum absolute atomic E-state index is 11.9. The fourth-order valence-electron chi connectivity index (χ4n) is 1.93. The number of likely N-dealkylation sites (N-methyl/N-ethyl adjacent to an activating group) is 1. The summed E-state index contributed by atoms with van der Waals surface area (Å²) >= 11 is 0. The third-order valence-electron chi connectivity index (χ3n) is 2.94. The molecule has 5 nitrogen and oxygen atoms in total. The van der Waals surface area contributed by atoms with E-state index in [1.807, 2.05) is 26.2 Å². The maximum Gasteiger partial charge on any atom is 0.238 e. The average Bonchev–Trinajstić information content (AvgIpc) is 2.40. The van der Waals surface area contributed by atoms with Crippen LogP contribution in [-0.4, -0.2) is 37.4 Å². The first kappa shape index (κ1) is 17.2. The molecule has 116 valence electrons. The highest BCUT2D eigenvalue weighted by atomic mass is 16.2.